The normalized spacial score (nSPS) is 14.2. The molecule has 4 heteroatoms. The first-order valence-corrected chi connectivity index (χ1v) is 9.02. The minimum atomic E-state index is -3.54. The summed E-state index contributed by atoms with van der Waals surface area (Å²) >= 11 is 0. The maximum Gasteiger partial charge on any atom is 0.240 e. The van der Waals surface area contributed by atoms with Crippen molar-refractivity contribution >= 4 is 10.0 Å². The molecule has 0 aromatic heterocycles. The van der Waals surface area contributed by atoms with Crippen molar-refractivity contribution in [3.63, 3.8) is 0 Å². The lowest BCUT2D eigenvalue weighted by atomic mass is 9.77. The summed E-state index contributed by atoms with van der Waals surface area (Å²) in [5.74, 6) is 0. The summed E-state index contributed by atoms with van der Waals surface area (Å²) in [7, 11) is -3.54. The summed E-state index contributed by atoms with van der Waals surface area (Å²) in [5.41, 5.74) is 2.52. The molecule has 0 heterocycles. The summed E-state index contributed by atoms with van der Waals surface area (Å²) in [6.45, 7) is 10.2. The van der Waals surface area contributed by atoms with Gasteiger partial charge in [0.15, 0.2) is 0 Å². The second-order valence-corrected chi connectivity index (χ2v) is 7.88. The molecule has 0 spiro atoms. The molecule has 0 bridgehead atoms. The number of aryl methyl sites for hydroxylation is 1. The third-order valence-corrected chi connectivity index (χ3v) is 5.72. The average Bonchev–Trinajstić information content (AvgIpc) is 2.54. The van der Waals surface area contributed by atoms with Crippen LogP contribution in [0.2, 0.25) is 0 Å². The zero-order valence-electron chi connectivity index (χ0n) is 13.8. The zero-order valence-corrected chi connectivity index (χ0v) is 14.7. The van der Waals surface area contributed by atoms with Crippen LogP contribution in [0.15, 0.2) is 71.6 Å². The van der Waals surface area contributed by atoms with Crippen LogP contribution in [-0.2, 0) is 15.4 Å². The number of sulfonamides is 1. The van der Waals surface area contributed by atoms with E-state index in [1.54, 1.807) is 24.3 Å². The minimum absolute atomic E-state index is 0.266. The Hall–Kier alpha value is -1.91. The van der Waals surface area contributed by atoms with E-state index in [1.807, 2.05) is 51.1 Å². The molecule has 0 aliphatic carbocycles. The van der Waals surface area contributed by atoms with Crippen LogP contribution in [0, 0.1) is 6.92 Å². The topological polar surface area (TPSA) is 46.2 Å². The Labute approximate surface area is 139 Å². The van der Waals surface area contributed by atoms with Gasteiger partial charge in [0, 0.05) is 12.0 Å². The molecule has 0 saturated heterocycles. The van der Waals surface area contributed by atoms with E-state index in [0.29, 0.717) is 0 Å². The molecule has 0 aliphatic heterocycles. The van der Waals surface area contributed by atoms with Crippen molar-refractivity contribution in [3.8, 4) is 0 Å². The van der Waals surface area contributed by atoms with E-state index in [2.05, 4.69) is 11.3 Å². The molecule has 1 atom stereocenters. The van der Waals surface area contributed by atoms with E-state index >= 15 is 0 Å². The lowest BCUT2D eigenvalue weighted by Gasteiger charge is -2.31. The lowest BCUT2D eigenvalue weighted by molar-refractivity contribution is 0.524. The first-order valence-electron chi connectivity index (χ1n) is 7.53. The van der Waals surface area contributed by atoms with Crippen LogP contribution < -0.4 is 4.72 Å². The smallest absolute Gasteiger partial charge is 0.210 e. The molecule has 0 aliphatic rings. The maximum absolute atomic E-state index is 12.5. The van der Waals surface area contributed by atoms with Crippen LogP contribution >= 0.6 is 0 Å². The number of hydrogen-bond acceptors (Lipinski definition) is 2. The molecule has 2 aromatic carbocycles. The molecule has 0 fully saturated rings. The number of hydrogen-bond donors (Lipinski definition) is 1. The minimum Gasteiger partial charge on any atom is -0.210 e. The quantitative estimate of drug-likeness (QED) is 0.819. The van der Waals surface area contributed by atoms with Crippen molar-refractivity contribution in [2.75, 3.05) is 6.54 Å². The third kappa shape index (κ3) is 3.89. The molecule has 1 N–H and O–H groups in total. The SMILES string of the molecule is C=C(C)C(C)(CNS(=O)(=O)c1ccc(C)cc1)c1ccccc1. The van der Waals surface area contributed by atoms with Gasteiger partial charge in [-0.25, -0.2) is 13.1 Å². The number of nitrogens with one attached hydrogen (secondary N) is 1. The Kier molecular flexibility index (Phi) is 5.07. The molecule has 122 valence electrons. The average molecular weight is 329 g/mol. The standard InChI is InChI=1S/C19H23NO2S/c1-15(2)19(4,17-8-6-5-7-9-17)14-20-23(21,22)18-12-10-16(3)11-13-18/h5-13,20H,1,14H2,2-4H3. The summed E-state index contributed by atoms with van der Waals surface area (Å²) in [5, 5.41) is 0. The Morgan fingerprint density at radius 2 is 1.65 bits per heavy atom. The highest BCUT2D eigenvalue weighted by atomic mass is 32.2. The number of rotatable bonds is 6. The highest BCUT2D eigenvalue weighted by molar-refractivity contribution is 7.89. The van der Waals surface area contributed by atoms with Gasteiger partial charge in [0.05, 0.1) is 4.90 Å². The molecule has 2 aromatic rings. The van der Waals surface area contributed by atoms with Gasteiger partial charge in [-0.2, -0.15) is 0 Å². The van der Waals surface area contributed by atoms with E-state index in [9.17, 15) is 8.42 Å². The fourth-order valence-electron chi connectivity index (χ4n) is 2.35. The van der Waals surface area contributed by atoms with E-state index < -0.39 is 15.4 Å². The van der Waals surface area contributed by atoms with Crippen LogP contribution in [0.25, 0.3) is 0 Å². The highest BCUT2D eigenvalue weighted by Crippen LogP contribution is 2.30. The van der Waals surface area contributed by atoms with Gasteiger partial charge in [0.2, 0.25) is 10.0 Å². The van der Waals surface area contributed by atoms with E-state index in [1.165, 1.54) is 0 Å². The maximum atomic E-state index is 12.5. The van der Waals surface area contributed by atoms with Gasteiger partial charge in [-0.1, -0.05) is 67.1 Å². The first kappa shape index (κ1) is 17.4. The highest BCUT2D eigenvalue weighted by Gasteiger charge is 2.29. The van der Waals surface area contributed by atoms with Crippen molar-refractivity contribution in [3.05, 3.63) is 77.9 Å². The molecule has 2 rings (SSSR count). The Bertz CT molecular complexity index is 780. The van der Waals surface area contributed by atoms with Gasteiger partial charge < -0.3 is 0 Å². The lowest BCUT2D eigenvalue weighted by Crippen LogP contribution is -2.39. The second kappa shape index (κ2) is 6.69. The molecule has 0 radical (unpaired) electrons. The van der Waals surface area contributed by atoms with Gasteiger partial charge in [-0.3, -0.25) is 0 Å². The van der Waals surface area contributed by atoms with Gasteiger partial charge in [-0.05, 0) is 31.5 Å². The van der Waals surface area contributed by atoms with E-state index in [4.69, 9.17) is 0 Å². The Morgan fingerprint density at radius 3 is 2.17 bits per heavy atom. The predicted molar refractivity (Wildman–Crippen MR) is 95.0 cm³/mol. The van der Waals surface area contributed by atoms with Crippen LogP contribution in [0.5, 0.6) is 0 Å². The van der Waals surface area contributed by atoms with Crippen molar-refractivity contribution in [2.45, 2.75) is 31.1 Å². The van der Waals surface area contributed by atoms with Gasteiger partial charge in [-0.15, -0.1) is 0 Å². The summed E-state index contributed by atoms with van der Waals surface area (Å²) in [6.07, 6.45) is 0. The van der Waals surface area contributed by atoms with Crippen molar-refractivity contribution in [2.24, 2.45) is 0 Å². The Balaban J connectivity index is 2.25. The largest absolute Gasteiger partial charge is 0.240 e. The third-order valence-electron chi connectivity index (χ3n) is 4.30. The molecule has 0 saturated carbocycles. The molecule has 23 heavy (non-hydrogen) atoms. The van der Waals surface area contributed by atoms with Crippen molar-refractivity contribution in [1.29, 1.82) is 0 Å². The van der Waals surface area contributed by atoms with Crippen LogP contribution in [0.3, 0.4) is 0 Å². The van der Waals surface area contributed by atoms with Crippen LogP contribution in [0.1, 0.15) is 25.0 Å². The Morgan fingerprint density at radius 1 is 1.09 bits per heavy atom. The van der Waals surface area contributed by atoms with Gasteiger partial charge in [0.25, 0.3) is 0 Å². The fraction of sp³-hybridized carbons (Fsp3) is 0.263. The van der Waals surface area contributed by atoms with Gasteiger partial charge >= 0.3 is 0 Å². The van der Waals surface area contributed by atoms with Gasteiger partial charge in [0.1, 0.15) is 0 Å². The second-order valence-electron chi connectivity index (χ2n) is 6.12. The molecular formula is C19H23NO2S. The predicted octanol–water partition coefficient (Wildman–Crippen LogP) is 3.81. The van der Waals surface area contributed by atoms with Crippen LogP contribution in [-0.4, -0.2) is 15.0 Å². The first-order chi connectivity index (χ1) is 10.8. The molecule has 1 unspecified atom stereocenters. The molecule has 3 nitrogen and oxygen atoms in total. The summed E-state index contributed by atoms with van der Waals surface area (Å²) in [6, 6.07) is 16.7. The molecule has 0 amide bonds. The van der Waals surface area contributed by atoms with Crippen LogP contribution in [0.4, 0.5) is 0 Å². The fourth-order valence-corrected chi connectivity index (χ4v) is 3.49. The molecular weight excluding hydrogens is 306 g/mol. The number of benzene rings is 2. The summed E-state index contributed by atoms with van der Waals surface area (Å²) < 4.78 is 27.7. The monoisotopic (exact) mass is 329 g/mol. The van der Waals surface area contributed by atoms with E-state index in [0.717, 1.165) is 16.7 Å². The van der Waals surface area contributed by atoms with Crippen molar-refractivity contribution < 1.29 is 8.42 Å². The zero-order chi connectivity index (χ0) is 17.1. The summed E-state index contributed by atoms with van der Waals surface area (Å²) in [4.78, 5) is 0.278. The van der Waals surface area contributed by atoms with Crippen molar-refractivity contribution in [1.82, 2.24) is 4.72 Å². The van der Waals surface area contributed by atoms with E-state index in [-0.39, 0.29) is 11.4 Å².